The average Bonchev–Trinajstić information content (AvgIpc) is 2.93. The molecule has 3 unspecified atom stereocenters. The molecule has 3 atom stereocenters. The van der Waals surface area contributed by atoms with Gasteiger partial charge in [0.05, 0.1) is 6.61 Å². The Hall–Kier alpha value is -0.610. The molecule has 0 aromatic carbocycles. The van der Waals surface area contributed by atoms with Gasteiger partial charge in [-0.2, -0.15) is 0 Å². The second-order valence-electron chi connectivity index (χ2n) is 11.4. The van der Waals surface area contributed by atoms with Crippen molar-refractivity contribution in [3.05, 3.63) is 12.2 Å². The monoisotopic (exact) mass is 570 g/mol. The second-order valence-corrected chi connectivity index (χ2v) is 13.1. The molecule has 0 radical (unpaired) electrons. The topological polar surface area (TPSA) is 94.8 Å². The van der Waals surface area contributed by atoms with Crippen LogP contribution in [0.3, 0.4) is 0 Å². The lowest BCUT2D eigenvalue weighted by Crippen LogP contribution is -2.47. The quantitative estimate of drug-likeness (QED) is 0.0456. The number of hydrogen-bond donors (Lipinski definition) is 3. The minimum atomic E-state index is -2.05. The largest absolute Gasteiger partial charge is 0.393 e. The van der Waals surface area contributed by atoms with Gasteiger partial charge >= 0.3 is 0 Å². The van der Waals surface area contributed by atoms with Crippen LogP contribution in [-0.2, 0) is 9.59 Å². The number of allylic oxidation sites excluding steroid dienone is 2. The molecule has 0 aromatic rings. The first-order valence-electron chi connectivity index (χ1n) is 16.4. The van der Waals surface area contributed by atoms with Crippen molar-refractivity contribution in [2.45, 2.75) is 179 Å². The molecule has 0 aliphatic heterocycles. The van der Waals surface area contributed by atoms with E-state index in [4.69, 9.17) is 0 Å². The molecule has 0 saturated heterocycles. The molecule has 0 bridgehead atoms. The molecule has 0 heterocycles. The predicted molar refractivity (Wildman–Crippen MR) is 168 cm³/mol. The minimum Gasteiger partial charge on any atom is -0.393 e. The Labute approximate surface area is 242 Å². The van der Waals surface area contributed by atoms with E-state index >= 15 is 0 Å². The Balaban J connectivity index is 3.90. The van der Waals surface area contributed by atoms with Crippen LogP contribution in [0.15, 0.2) is 12.2 Å². The van der Waals surface area contributed by atoms with Gasteiger partial charge in [0, 0.05) is 12.8 Å². The van der Waals surface area contributed by atoms with Gasteiger partial charge in [0.15, 0.2) is 11.3 Å². The average molecular weight is 571 g/mol. The number of aliphatic hydroxyl groups is 3. The van der Waals surface area contributed by atoms with Gasteiger partial charge in [-0.05, 0) is 47.1 Å². The lowest BCUT2D eigenvalue weighted by Gasteiger charge is -2.29. The zero-order valence-corrected chi connectivity index (χ0v) is 26.6. The number of hydrogen-bond acceptors (Lipinski definition) is 5. The maximum Gasteiger partial charge on any atom is 0.164 e. The minimum absolute atomic E-state index is 0.173. The second kappa shape index (κ2) is 27.6. The van der Waals surface area contributed by atoms with Crippen molar-refractivity contribution in [1.29, 1.82) is 0 Å². The fourth-order valence-electron chi connectivity index (χ4n) is 4.87. The maximum atomic E-state index is 12.4. The molecule has 230 valence electrons. The summed E-state index contributed by atoms with van der Waals surface area (Å²) in [5.41, 5.74) is -0.181. The number of ketones is 1. The number of aliphatic hydroxyl groups excluding tert-OH is 2. The van der Waals surface area contributed by atoms with Gasteiger partial charge in [0.25, 0.3) is 0 Å². The van der Waals surface area contributed by atoms with E-state index in [1.807, 2.05) is 0 Å². The summed E-state index contributed by atoms with van der Waals surface area (Å²) in [5.74, 6) is -0.476. The first-order chi connectivity index (χ1) is 18.9. The van der Waals surface area contributed by atoms with Gasteiger partial charge < -0.3 is 15.3 Å². The van der Waals surface area contributed by atoms with E-state index in [0.29, 0.717) is 12.8 Å². The Bertz CT molecular complexity index is 609. The number of rotatable bonds is 30. The Morgan fingerprint density at radius 1 is 0.641 bits per heavy atom. The molecule has 5 nitrogen and oxygen atoms in total. The number of carbonyl (C=O) groups is 2. The van der Waals surface area contributed by atoms with Crippen molar-refractivity contribution in [1.82, 2.24) is 0 Å². The van der Waals surface area contributed by atoms with Crippen LogP contribution in [0.2, 0.25) is 0 Å². The lowest BCUT2D eigenvalue weighted by molar-refractivity contribution is -0.138. The van der Waals surface area contributed by atoms with Gasteiger partial charge in [0.2, 0.25) is 0 Å². The highest BCUT2D eigenvalue weighted by Gasteiger charge is 2.41. The van der Waals surface area contributed by atoms with E-state index in [9.17, 15) is 24.9 Å². The van der Waals surface area contributed by atoms with Crippen molar-refractivity contribution in [2.24, 2.45) is 0 Å². The first-order valence-corrected chi connectivity index (χ1v) is 17.4. The summed E-state index contributed by atoms with van der Waals surface area (Å²) in [7, 11) is -0.674. The zero-order valence-electron chi connectivity index (χ0n) is 25.6. The van der Waals surface area contributed by atoms with Crippen LogP contribution in [0, 0.1) is 0 Å². The molecule has 0 aliphatic rings. The van der Waals surface area contributed by atoms with E-state index < -0.39 is 32.4 Å². The SMILES string of the molecule is CCCCCCCCC=CCCCCCCCC(=O)PC(O)(CO)C(O)C(=O)CCCCCCCCCCC. The van der Waals surface area contributed by atoms with Crippen LogP contribution in [0.1, 0.15) is 168 Å². The van der Waals surface area contributed by atoms with Crippen LogP contribution in [-0.4, -0.2) is 44.7 Å². The lowest BCUT2D eigenvalue weighted by atomic mass is 10.0. The highest BCUT2D eigenvalue weighted by atomic mass is 31.1. The normalized spacial score (nSPS) is 14.4. The molecule has 6 heteroatoms. The van der Waals surface area contributed by atoms with Crippen LogP contribution < -0.4 is 0 Å². The summed E-state index contributed by atoms with van der Waals surface area (Å²) in [6.07, 6.45) is 28.9. The molecule has 0 fully saturated rings. The smallest absolute Gasteiger partial charge is 0.164 e. The Morgan fingerprint density at radius 3 is 1.46 bits per heavy atom. The zero-order chi connectivity index (χ0) is 29.0. The van der Waals surface area contributed by atoms with Crippen molar-refractivity contribution in [3.63, 3.8) is 0 Å². The van der Waals surface area contributed by atoms with Gasteiger partial charge in [0.1, 0.15) is 11.4 Å². The summed E-state index contributed by atoms with van der Waals surface area (Å²) in [6.45, 7) is 3.67. The maximum absolute atomic E-state index is 12.4. The van der Waals surface area contributed by atoms with E-state index in [-0.39, 0.29) is 11.9 Å². The molecule has 0 spiro atoms. The highest BCUT2D eigenvalue weighted by molar-refractivity contribution is 7.59. The molecular weight excluding hydrogens is 507 g/mol. The molecule has 0 saturated carbocycles. The Morgan fingerprint density at radius 2 is 1.03 bits per heavy atom. The summed E-state index contributed by atoms with van der Waals surface area (Å²) in [4.78, 5) is 24.8. The first kappa shape index (κ1) is 38.4. The number of unbranched alkanes of at least 4 members (excludes halogenated alkanes) is 19. The number of carbonyl (C=O) groups excluding carboxylic acids is 2. The van der Waals surface area contributed by atoms with Crippen LogP contribution in [0.4, 0.5) is 0 Å². The van der Waals surface area contributed by atoms with Crippen molar-refractivity contribution in [2.75, 3.05) is 6.61 Å². The fraction of sp³-hybridized carbons (Fsp3) is 0.879. The third kappa shape index (κ3) is 22.7. The highest BCUT2D eigenvalue weighted by Crippen LogP contribution is 2.35. The Kier molecular flexibility index (Phi) is 27.1. The molecule has 0 aliphatic carbocycles. The van der Waals surface area contributed by atoms with E-state index in [0.717, 1.165) is 51.4 Å². The predicted octanol–water partition coefficient (Wildman–Crippen LogP) is 8.76. The fourth-order valence-corrected chi connectivity index (χ4v) is 6.03. The van der Waals surface area contributed by atoms with Crippen LogP contribution in [0.25, 0.3) is 0 Å². The van der Waals surface area contributed by atoms with Crippen molar-refractivity contribution >= 4 is 19.9 Å². The summed E-state index contributed by atoms with van der Waals surface area (Å²) in [6, 6.07) is 0. The molecule has 39 heavy (non-hydrogen) atoms. The van der Waals surface area contributed by atoms with Crippen molar-refractivity contribution in [3.8, 4) is 0 Å². The van der Waals surface area contributed by atoms with Gasteiger partial charge in [-0.1, -0.05) is 129 Å². The molecule has 3 N–H and O–H groups in total. The molecule has 0 aromatic heterocycles. The van der Waals surface area contributed by atoms with Crippen LogP contribution >= 0.6 is 8.58 Å². The van der Waals surface area contributed by atoms with E-state index in [1.165, 1.54) is 83.5 Å². The summed E-state index contributed by atoms with van der Waals surface area (Å²) in [5, 5.41) is 28.7. The van der Waals surface area contributed by atoms with E-state index in [2.05, 4.69) is 26.0 Å². The molecule has 0 rings (SSSR count). The number of Topliss-reactive ketones (excluding diaryl/α,β-unsaturated/α-hetero) is 1. The van der Waals surface area contributed by atoms with Gasteiger partial charge in [-0.25, -0.2) is 0 Å². The van der Waals surface area contributed by atoms with Crippen LogP contribution in [0.5, 0.6) is 0 Å². The standard InChI is InChI=1S/C33H63O5P/c1-3-5-7-9-11-13-14-15-16-17-18-20-22-24-26-28-31(36)39-33(38,29-34)32(37)30(35)27-25-23-21-19-12-10-8-6-4-2/h15-16,32,34,37-39H,3-14,17-29H2,1-2H3. The van der Waals surface area contributed by atoms with Gasteiger partial charge in [-0.3, -0.25) is 9.59 Å². The van der Waals surface area contributed by atoms with Crippen molar-refractivity contribution < 1.29 is 24.9 Å². The molecular formula is C33H63O5P. The summed E-state index contributed by atoms with van der Waals surface area (Å²) < 4.78 is 0. The molecule has 0 amide bonds. The van der Waals surface area contributed by atoms with E-state index in [1.54, 1.807) is 0 Å². The third-order valence-corrected chi connectivity index (χ3v) is 8.94. The van der Waals surface area contributed by atoms with Gasteiger partial charge in [-0.15, -0.1) is 0 Å². The summed E-state index contributed by atoms with van der Waals surface area (Å²) >= 11 is 0. The third-order valence-electron chi connectivity index (χ3n) is 7.55.